The second-order valence-corrected chi connectivity index (χ2v) is 7.09. The zero-order valence-corrected chi connectivity index (χ0v) is 14.0. The van der Waals surface area contributed by atoms with Gasteiger partial charge in [0.15, 0.2) is 5.82 Å². The minimum Gasteiger partial charge on any atom is -0.497 e. The second kappa shape index (κ2) is 6.25. The summed E-state index contributed by atoms with van der Waals surface area (Å²) in [5.41, 5.74) is 0.579. The molecule has 1 aliphatic heterocycles. The van der Waals surface area contributed by atoms with Gasteiger partial charge >= 0.3 is 6.01 Å². The molecule has 9 heteroatoms. The van der Waals surface area contributed by atoms with Gasteiger partial charge in [-0.1, -0.05) is 0 Å². The first-order valence-electron chi connectivity index (χ1n) is 7.20. The van der Waals surface area contributed by atoms with Crippen LogP contribution in [0.5, 0.6) is 11.8 Å². The molecule has 1 aliphatic rings. The van der Waals surface area contributed by atoms with Crippen molar-refractivity contribution < 1.29 is 23.0 Å². The Hall–Kier alpha value is -2.39. The maximum Gasteiger partial charge on any atom is 0.318 e. The van der Waals surface area contributed by atoms with Crippen LogP contribution in [0, 0.1) is 0 Å². The molecule has 1 aromatic heterocycles. The number of nitrogens with zero attached hydrogens (tertiary/aromatic N) is 3. The molecule has 128 valence electrons. The summed E-state index contributed by atoms with van der Waals surface area (Å²) in [7, 11) is -0.910. The van der Waals surface area contributed by atoms with Gasteiger partial charge in [0.05, 0.1) is 25.7 Å². The van der Waals surface area contributed by atoms with Crippen molar-refractivity contribution in [3.05, 3.63) is 36.0 Å². The fraction of sp³-hybridized carbons (Fsp3) is 0.333. The number of ether oxygens (including phenoxy) is 2. The Morgan fingerprint density at radius 3 is 2.54 bits per heavy atom. The van der Waals surface area contributed by atoms with Crippen LogP contribution < -0.4 is 13.8 Å². The average Bonchev–Trinajstić information content (AvgIpc) is 3.00. The van der Waals surface area contributed by atoms with E-state index >= 15 is 0 Å². The summed E-state index contributed by atoms with van der Waals surface area (Å²) < 4.78 is 37.1. The molecule has 3 rings (SSSR count). The lowest BCUT2D eigenvalue weighted by Gasteiger charge is -2.19. The summed E-state index contributed by atoms with van der Waals surface area (Å²) in [5.74, 6) is 0.420. The van der Waals surface area contributed by atoms with E-state index in [0.717, 1.165) is 0 Å². The molecule has 0 saturated heterocycles. The number of hydrogen-bond acceptors (Lipinski definition) is 7. The normalized spacial score (nSPS) is 16.8. The molecule has 0 radical (unpaired) electrons. The molecule has 2 aromatic rings. The predicted octanol–water partition coefficient (Wildman–Crippen LogP) is 0.779. The lowest BCUT2D eigenvalue weighted by Crippen LogP contribution is -2.31. The van der Waals surface area contributed by atoms with Crippen LogP contribution in [0.2, 0.25) is 0 Å². The zero-order chi connectivity index (χ0) is 17.3. The lowest BCUT2D eigenvalue weighted by molar-refractivity contribution is 0.271. The van der Waals surface area contributed by atoms with Gasteiger partial charge in [-0.15, -0.1) is 0 Å². The molecule has 0 aliphatic carbocycles. The van der Waals surface area contributed by atoms with Crippen molar-refractivity contribution in [2.75, 3.05) is 31.7 Å². The van der Waals surface area contributed by atoms with Gasteiger partial charge in [0.2, 0.25) is 0 Å². The van der Waals surface area contributed by atoms with Crippen LogP contribution in [0.25, 0.3) is 0 Å². The molecule has 8 nitrogen and oxygen atoms in total. The number of benzene rings is 1. The minimum atomic E-state index is -3.82. The van der Waals surface area contributed by atoms with Crippen LogP contribution in [0.3, 0.4) is 0 Å². The molecule has 0 saturated carbocycles. The smallest absolute Gasteiger partial charge is 0.318 e. The quantitative estimate of drug-likeness (QED) is 0.849. The van der Waals surface area contributed by atoms with Crippen molar-refractivity contribution in [2.24, 2.45) is 0 Å². The molecule has 0 amide bonds. The van der Waals surface area contributed by atoms with Gasteiger partial charge < -0.3 is 14.6 Å². The SMILES string of the molecule is COc1ccc(S(=O)(=O)N2CC(CO)c3cnc(OC)nc32)cc1. The summed E-state index contributed by atoms with van der Waals surface area (Å²) in [6.45, 7) is -0.0979. The standard InChI is InChI=1S/C15H17N3O5S/c1-22-11-3-5-12(6-4-11)24(20,21)18-8-10(9-19)13-7-16-15(23-2)17-14(13)18/h3-7,10,19H,8-9H2,1-2H3. The van der Waals surface area contributed by atoms with Crippen molar-refractivity contribution >= 4 is 15.8 Å². The van der Waals surface area contributed by atoms with E-state index in [-0.39, 0.29) is 35.8 Å². The van der Waals surface area contributed by atoms with E-state index in [9.17, 15) is 13.5 Å². The van der Waals surface area contributed by atoms with Crippen LogP contribution in [0.1, 0.15) is 11.5 Å². The van der Waals surface area contributed by atoms with E-state index in [0.29, 0.717) is 11.3 Å². The molecule has 0 fully saturated rings. The van der Waals surface area contributed by atoms with E-state index in [2.05, 4.69) is 9.97 Å². The number of anilines is 1. The number of methoxy groups -OCH3 is 2. The van der Waals surface area contributed by atoms with E-state index in [1.54, 1.807) is 12.1 Å². The molecule has 24 heavy (non-hydrogen) atoms. The fourth-order valence-electron chi connectivity index (χ4n) is 2.58. The van der Waals surface area contributed by atoms with Crippen LogP contribution >= 0.6 is 0 Å². The van der Waals surface area contributed by atoms with Gasteiger partial charge in [0.25, 0.3) is 10.0 Å². The van der Waals surface area contributed by atoms with Crippen molar-refractivity contribution in [3.63, 3.8) is 0 Å². The molecule has 0 bridgehead atoms. The molecule has 1 atom stereocenters. The number of aliphatic hydroxyl groups is 1. The van der Waals surface area contributed by atoms with E-state index in [1.165, 1.54) is 36.9 Å². The molecular formula is C15H17N3O5S. The van der Waals surface area contributed by atoms with Crippen molar-refractivity contribution in [3.8, 4) is 11.8 Å². The largest absolute Gasteiger partial charge is 0.497 e. The highest BCUT2D eigenvalue weighted by Crippen LogP contribution is 2.38. The predicted molar refractivity (Wildman–Crippen MR) is 85.9 cm³/mol. The summed E-state index contributed by atoms with van der Waals surface area (Å²) in [6.07, 6.45) is 1.49. The van der Waals surface area contributed by atoms with Crippen molar-refractivity contribution in [1.29, 1.82) is 0 Å². The highest BCUT2D eigenvalue weighted by atomic mass is 32.2. The van der Waals surface area contributed by atoms with Crippen LogP contribution in [0.15, 0.2) is 35.4 Å². The number of sulfonamides is 1. The lowest BCUT2D eigenvalue weighted by atomic mass is 10.1. The maximum atomic E-state index is 13.0. The van der Waals surface area contributed by atoms with Gasteiger partial charge in [-0.2, -0.15) is 4.98 Å². The summed E-state index contributed by atoms with van der Waals surface area (Å²) in [6, 6.07) is 6.17. The average molecular weight is 351 g/mol. The highest BCUT2D eigenvalue weighted by Gasteiger charge is 2.38. The van der Waals surface area contributed by atoms with E-state index in [1.807, 2.05) is 0 Å². The number of hydrogen-bond donors (Lipinski definition) is 1. The summed E-state index contributed by atoms with van der Waals surface area (Å²) >= 11 is 0. The first-order valence-corrected chi connectivity index (χ1v) is 8.64. The van der Waals surface area contributed by atoms with Gasteiger partial charge in [-0.05, 0) is 24.3 Å². The first kappa shape index (κ1) is 16.5. The fourth-order valence-corrected chi connectivity index (χ4v) is 4.07. The third kappa shape index (κ3) is 2.65. The highest BCUT2D eigenvalue weighted by molar-refractivity contribution is 7.92. The minimum absolute atomic E-state index is 0.0715. The van der Waals surface area contributed by atoms with Gasteiger partial charge in [-0.25, -0.2) is 17.7 Å². The van der Waals surface area contributed by atoms with Crippen molar-refractivity contribution in [1.82, 2.24) is 9.97 Å². The van der Waals surface area contributed by atoms with Crippen molar-refractivity contribution in [2.45, 2.75) is 10.8 Å². The van der Waals surface area contributed by atoms with Crippen LogP contribution in [-0.2, 0) is 10.0 Å². The Morgan fingerprint density at radius 1 is 1.25 bits per heavy atom. The first-order chi connectivity index (χ1) is 11.5. The number of aromatic nitrogens is 2. The molecule has 1 unspecified atom stereocenters. The second-order valence-electron chi connectivity index (χ2n) is 5.23. The van der Waals surface area contributed by atoms with E-state index < -0.39 is 10.0 Å². The van der Waals surface area contributed by atoms with Gasteiger partial charge in [0.1, 0.15) is 5.75 Å². The summed E-state index contributed by atoms with van der Waals surface area (Å²) in [5, 5.41) is 9.54. The van der Waals surface area contributed by atoms with E-state index in [4.69, 9.17) is 9.47 Å². The molecule has 2 heterocycles. The van der Waals surface area contributed by atoms with Gasteiger partial charge in [0, 0.05) is 24.2 Å². The number of fused-ring (bicyclic) bond motifs is 1. The Labute approximate surface area is 139 Å². The van der Waals surface area contributed by atoms with Crippen LogP contribution in [0.4, 0.5) is 5.82 Å². The maximum absolute atomic E-state index is 13.0. The topological polar surface area (TPSA) is 102 Å². The van der Waals surface area contributed by atoms with Crippen LogP contribution in [-0.4, -0.2) is 50.9 Å². The Balaban J connectivity index is 2.05. The summed E-state index contributed by atoms with van der Waals surface area (Å²) in [4.78, 5) is 8.27. The Bertz CT molecular complexity index is 839. The third-order valence-corrected chi connectivity index (χ3v) is 5.66. The van der Waals surface area contributed by atoms with Gasteiger partial charge in [-0.3, -0.25) is 0 Å². The number of rotatable bonds is 5. The molecule has 1 aromatic carbocycles. The monoisotopic (exact) mass is 351 g/mol. The molecule has 0 spiro atoms. The molecule has 1 N–H and O–H groups in total. The zero-order valence-electron chi connectivity index (χ0n) is 13.2. The Morgan fingerprint density at radius 2 is 1.96 bits per heavy atom. The number of aliphatic hydroxyl groups excluding tert-OH is 1. The molecular weight excluding hydrogens is 334 g/mol. The Kier molecular flexibility index (Phi) is 4.29. The third-order valence-electron chi connectivity index (χ3n) is 3.89.